The third kappa shape index (κ3) is 2.79. The van der Waals surface area contributed by atoms with Gasteiger partial charge in [0.15, 0.2) is 0 Å². The third-order valence-electron chi connectivity index (χ3n) is 4.51. The van der Waals surface area contributed by atoms with Crippen molar-refractivity contribution in [3.63, 3.8) is 0 Å². The molecule has 0 bridgehead atoms. The molecular weight excluding hydrogens is 296 g/mol. The topological polar surface area (TPSA) is 51.0 Å². The second-order valence-corrected chi connectivity index (χ2v) is 7.17. The molecule has 0 aliphatic carbocycles. The molecule has 118 valence electrons. The van der Waals surface area contributed by atoms with E-state index in [0.29, 0.717) is 5.92 Å². The van der Waals surface area contributed by atoms with Gasteiger partial charge in [-0.05, 0) is 37.8 Å². The van der Waals surface area contributed by atoms with Crippen molar-refractivity contribution in [2.75, 3.05) is 13.1 Å². The molecule has 22 heavy (non-hydrogen) atoms. The van der Waals surface area contributed by atoms with E-state index >= 15 is 0 Å². The van der Waals surface area contributed by atoms with Crippen LogP contribution in [0.5, 0.6) is 0 Å². The predicted molar refractivity (Wildman–Crippen MR) is 87.3 cm³/mol. The van der Waals surface area contributed by atoms with Crippen LogP contribution in [0.2, 0.25) is 0 Å². The second-order valence-electron chi connectivity index (χ2n) is 5.91. The molecule has 0 saturated carbocycles. The number of thiophene rings is 1. The SMILES string of the molecule is CCc1cc(C(=O)N2CCC(c3nncn3C)CC2)sc1C. The molecule has 1 amide bonds. The molecule has 5 nitrogen and oxygen atoms in total. The van der Waals surface area contributed by atoms with Crippen LogP contribution in [0.3, 0.4) is 0 Å². The van der Waals surface area contributed by atoms with Crippen LogP contribution in [0.4, 0.5) is 0 Å². The number of carbonyl (C=O) groups excluding carboxylic acids is 1. The van der Waals surface area contributed by atoms with Crippen molar-refractivity contribution in [3.8, 4) is 0 Å². The zero-order valence-electron chi connectivity index (χ0n) is 13.4. The van der Waals surface area contributed by atoms with Crippen LogP contribution < -0.4 is 0 Å². The summed E-state index contributed by atoms with van der Waals surface area (Å²) in [4.78, 5) is 16.8. The first-order valence-electron chi connectivity index (χ1n) is 7.82. The summed E-state index contributed by atoms with van der Waals surface area (Å²) < 4.78 is 1.98. The van der Waals surface area contributed by atoms with Crippen molar-refractivity contribution in [1.82, 2.24) is 19.7 Å². The molecule has 0 aromatic carbocycles. The number of aryl methyl sites for hydroxylation is 3. The highest BCUT2D eigenvalue weighted by Crippen LogP contribution is 2.29. The smallest absolute Gasteiger partial charge is 0.263 e. The van der Waals surface area contributed by atoms with Crippen molar-refractivity contribution in [3.05, 3.63) is 33.5 Å². The van der Waals surface area contributed by atoms with Crippen LogP contribution in [0.1, 0.15) is 51.6 Å². The molecular formula is C16H22N4OS. The van der Waals surface area contributed by atoms with Gasteiger partial charge < -0.3 is 9.47 Å². The van der Waals surface area contributed by atoms with E-state index in [0.717, 1.165) is 43.1 Å². The lowest BCUT2D eigenvalue weighted by atomic mass is 9.96. The largest absolute Gasteiger partial charge is 0.338 e. The molecule has 0 unspecified atom stereocenters. The van der Waals surface area contributed by atoms with Gasteiger partial charge in [0.05, 0.1) is 4.88 Å². The number of piperidine rings is 1. The number of rotatable bonds is 3. The first-order chi connectivity index (χ1) is 10.6. The average molecular weight is 318 g/mol. The Labute approximate surface area is 135 Å². The van der Waals surface area contributed by atoms with Crippen LogP contribution in [0, 0.1) is 6.92 Å². The van der Waals surface area contributed by atoms with Crippen LogP contribution >= 0.6 is 11.3 Å². The van der Waals surface area contributed by atoms with Crippen molar-refractivity contribution in [2.24, 2.45) is 7.05 Å². The number of hydrogen-bond acceptors (Lipinski definition) is 4. The monoisotopic (exact) mass is 318 g/mol. The summed E-state index contributed by atoms with van der Waals surface area (Å²) in [7, 11) is 1.98. The lowest BCUT2D eigenvalue weighted by Crippen LogP contribution is -2.38. The van der Waals surface area contributed by atoms with E-state index < -0.39 is 0 Å². The minimum absolute atomic E-state index is 0.184. The second kappa shape index (κ2) is 6.20. The fourth-order valence-corrected chi connectivity index (χ4v) is 4.22. The Morgan fingerprint density at radius 3 is 2.68 bits per heavy atom. The van der Waals surface area contributed by atoms with Gasteiger partial charge in [0.2, 0.25) is 0 Å². The summed E-state index contributed by atoms with van der Waals surface area (Å²) in [5.74, 6) is 1.63. The van der Waals surface area contributed by atoms with E-state index in [1.165, 1.54) is 10.4 Å². The van der Waals surface area contributed by atoms with Crippen molar-refractivity contribution >= 4 is 17.2 Å². The maximum absolute atomic E-state index is 12.6. The Balaban J connectivity index is 1.65. The van der Waals surface area contributed by atoms with E-state index in [1.807, 2.05) is 16.5 Å². The Kier molecular flexibility index (Phi) is 4.29. The van der Waals surface area contributed by atoms with Crippen LogP contribution in [-0.2, 0) is 13.5 Å². The fraction of sp³-hybridized carbons (Fsp3) is 0.562. The van der Waals surface area contributed by atoms with Gasteiger partial charge in [0.1, 0.15) is 12.2 Å². The molecule has 1 saturated heterocycles. The highest BCUT2D eigenvalue weighted by atomic mass is 32.1. The Morgan fingerprint density at radius 1 is 1.41 bits per heavy atom. The van der Waals surface area contributed by atoms with Crippen molar-refractivity contribution in [2.45, 2.75) is 39.0 Å². The summed E-state index contributed by atoms with van der Waals surface area (Å²) >= 11 is 1.62. The molecule has 6 heteroatoms. The lowest BCUT2D eigenvalue weighted by molar-refractivity contribution is 0.0715. The van der Waals surface area contributed by atoms with Gasteiger partial charge in [-0.1, -0.05) is 6.92 Å². The average Bonchev–Trinajstić information content (AvgIpc) is 3.12. The molecule has 1 aliphatic rings. The molecule has 0 spiro atoms. The highest BCUT2D eigenvalue weighted by molar-refractivity contribution is 7.14. The van der Waals surface area contributed by atoms with Gasteiger partial charge in [0, 0.05) is 30.9 Å². The normalized spacial score (nSPS) is 16.2. The van der Waals surface area contributed by atoms with E-state index in [-0.39, 0.29) is 5.91 Å². The van der Waals surface area contributed by atoms with Gasteiger partial charge in [-0.25, -0.2) is 0 Å². The number of aromatic nitrogens is 3. The Morgan fingerprint density at radius 2 is 2.14 bits per heavy atom. The number of amides is 1. The Hall–Kier alpha value is -1.69. The summed E-state index contributed by atoms with van der Waals surface area (Å²) in [6.45, 7) is 5.83. The van der Waals surface area contributed by atoms with Gasteiger partial charge in [0.25, 0.3) is 5.91 Å². The van der Waals surface area contributed by atoms with Gasteiger partial charge in [-0.2, -0.15) is 0 Å². The zero-order chi connectivity index (χ0) is 15.7. The highest BCUT2D eigenvalue weighted by Gasteiger charge is 2.27. The standard InChI is InChI=1S/C16H22N4OS/c1-4-12-9-14(22-11(12)2)16(21)20-7-5-13(6-8-20)15-18-17-10-19(15)3/h9-10,13H,4-8H2,1-3H3. The van der Waals surface area contributed by atoms with E-state index in [4.69, 9.17) is 0 Å². The molecule has 1 aliphatic heterocycles. The maximum atomic E-state index is 12.6. The van der Waals surface area contributed by atoms with Crippen LogP contribution in [0.25, 0.3) is 0 Å². The lowest BCUT2D eigenvalue weighted by Gasteiger charge is -2.31. The maximum Gasteiger partial charge on any atom is 0.263 e. The van der Waals surface area contributed by atoms with Crippen LogP contribution in [-0.4, -0.2) is 38.7 Å². The first-order valence-corrected chi connectivity index (χ1v) is 8.64. The first kappa shape index (κ1) is 15.2. The van der Waals surface area contributed by atoms with Gasteiger partial charge in [-0.15, -0.1) is 21.5 Å². The molecule has 2 aromatic rings. The number of likely N-dealkylation sites (tertiary alicyclic amines) is 1. The number of carbonyl (C=O) groups is 1. The summed E-state index contributed by atoms with van der Waals surface area (Å²) in [6, 6.07) is 2.07. The summed E-state index contributed by atoms with van der Waals surface area (Å²) in [5, 5.41) is 8.16. The van der Waals surface area contributed by atoms with Gasteiger partial charge >= 0.3 is 0 Å². The molecule has 0 atom stereocenters. The fourth-order valence-electron chi connectivity index (χ4n) is 3.13. The Bertz CT molecular complexity index is 667. The van der Waals surface area contributed by atoms with Crippen molar-refractivity contribution in [1.29, 1.82) is 0 Å². The minimum atomic E-state index is 0.184. The summed E-state index contributed by atoms with van der Waals surface area (Å²) in [6.07, 6.45) is 4.66. The number of hydrogen-bond donors (Lipinski definition) is 0. The van der Waals surface area contributed by atoms with E-state index in [9.17, 15) is 4.79 Å². The van der Waals surface area contributed by atoms with Gasteiger partial charge in [-0.3, -0.25) is 4.79 Å². The molecule has 3 rings (SSSR count). The van der Waals surface area contributed by atoms with Crippen molar-refractivity contribution < 1.29 is 4.79 Å². The minimum Gasteiger partial charge on any atom is -0.338 e. The van der Waals surface area contributed by atoms with E-state index in [1.54, 1.807) is 17.7 Å². The summed E-state index contributed by atoms with van der Waals surface area (Å²) in [5.41, 5.74) is 1.29. The molecule has 0 N–H and O–H groups in total. The molecule has 0 radical (unpaired) electrons. The quantitative estimate of drug-likeness (QED) is 0.874. The van der Waals surface area contributed by atoms with Crippen LogP contribution in [0.15, 0.2) is 12.4 Å². The zero-order valence-corrected chi connectivity index (χ0v) is 14.2. The molecule has 1 fully saturated rings. The predicted octanol–water partition coefficient (Wildman–Crippen LogP) is 2.77. The molecule has 2 aromatic heterocycles. The number of nitrogens with zero attached hydrogens (tertiary/aromatic N) is 4. The third-order valence-corrected chi connectivity index (χ3v) is 5.59. The molecule has 3 heterocycles. The van der Waals surface area contributed by atoms with E-state index in [2.05, 4.69) is 30.1 Å².